The Morgan fingerprint density at radius 2 is 1.72 bits per heavy atom. The Hall–Kier alpha value is -0.570. The summed E-state index contributed by atoms with van der Waals surface area (Å²) in [5, 5.41) is 0. The molecule has 0 unspecified atom stereocenters. The van der Waals surface area contributed by atoms with Crippen molar-refractivity contribution in [2.75, 3.05) is 0 Å². The zero-order chi connectivity index (χ0) is 22.9. The SMILES string of the molecule is CC(=O)O[C@@]12C[C@@H]3CC[C@@H]4[C@H](CC[C@]5(C)[C@@H]([C@H](C)CCCC(C)C)CC[C@@H]45)[C@@]3(C)C[C@H]1O2. The van der Waals surface area contributed by atoms with Crippen molar-refractivity contribution >= 4 is 5.97 Å². The van der Waals surface area contributed by atoms with Crippen LogP contribution in [-0.4, -0.2) is 17.9 Å². The Morgan fingerprint density at radius 1 is 0.969 bits per heavy atom. The lowest BCUT2D eigenvalue weighted by atomic mass is 9.44. The molecule has 0 radical (unpaired) electrons. The van der Waals surface area contributed by atoms with Gasteiger partial charge in [0.1, 0.15) is 6.10 Å². The molecule has 4 saturated carbocycles. The van der Waals surface area contributed by atoms with E-state index in [0.717, 1.165) is 48.3 Å². The minimum Gasteiger partial charge on any atom is -0.430 e. The molecule has 0 aromatic heterocycles. The van der Waals surface area contributed by atoms with Gasteiger partial charge in [0, 0.05) is 13.3 Å². The second-order valence-corrected chi connectivity index (χ2v) is 13.6. The lowest BCUT2D eigenvalue weighted by Gasteiger charge is -2.60. The van der Waals surface area contributed by atoms with Crippen molar-refractivity contribution in [1.29, 1.82) is 0 Å². The predicted molar refractivity (Wildman–Crippen MR) is 128 cm³/mol. The zero-order valence-corrected chi connectivity index (χ0v) is 21.6. The number of ether oxygens (including phenoxy) is 2. The summed E-state index contributed by atoms with van der Waals surface area (Å²) >= 11 is 0. The number of rotatable bonds is 6. The maximum atomic E-state index is 11.7. The van der Waals surface area contributed by atoms with Gasteiger partial charge in [-0.1, -0.05) is 53.9 Å². The van der Waals surface area contributed by atoms with Gasteiger partial charge in [-0.15, -0.1) is 0 Å². The Balaban J connectivity index is 1.28. The maximum absolute atomic E-state index is 11.7. The normalized spacial score (nSPS) is 50.1. The number of hydrogen-bond donors (Lipinski definition) is 0. The molecule has 1 aliphatic heterocycles. The Morgan fingerprint density at radius 3 is 2.44 bits per heavy atom. The molecule has 182 valence electrons. The molecule has 3 nitrogen and oxygen atoms in total. The molecule has 0 spiro atoms. The van der Waals surface area contributed by atoms with E-state index in [1.165, 1.54) is 64.7 Å². The van der Waals surface area contributed by atoms with Crippen LogP contribution in [0.3, 0.4) is 0 Å². The molecule has 10 atom stereocenters. The van der Waals surface area contributed by atoms with Gasteiger partial charge in [-0.05, 0) is 97.2 Å². The van der Waals surface area contributed by atoms with E-state index in [-0.39, 0.29) is 12.1 Å². The van der Waals surface area contributed by atoms with E-state index in [0.29, 0.717) is 16.7 Å². The van der Waals surface area contributed by atoms with Crippen molar-refractivity contribution in [1.82, 2.24) is 0 Å². The van der Waals surface area contributed by atoms with Crippen LogP contribution < -0.4 is 0 Å². The van der Waals surface area contributed by atoms with Crippen molar-refractivity contribution in [3.63, 3.8) is 0 Å². The topological polar surface area (TPSA) is 38.8 Å². The van der Waals surface area contributed by atoms with E-state index in [9.17, 15) is 4.79 Å². The van der Waals surface area contributed by atoms with Crippen LogP contribution in [0.2, 0.25) is 0 Å². The molecular weight excluding hydrogens is 396 g/mol. The molecule has 0 amide bonds. The molecule has 0 aromatic rings. The summed E-state index contributed by atoms with van der Waals surface area (Å²) in [6.45, 7) is 14.1. The average molecular weight is 445 g/mol. The summed E-state index contributed by atoms with van der Waals surface area (Å²) in [5.41, 5.74) is 0.934. The third-order valence-electron chi connectivity index (χ3n) is 11.5. The van der Waals surface area contributed by atoms with E-state index in [1.807, 2.05) is 0 Å². The van der Waals surface area contributed by atoms with E-state index in [4.69, 9.17) is 9.47 Å². The minimum absolute atomic E-state index is 0.150. The first-order valence-corrected chi connectivity index (χ1v) is 14.0. The van der Waals surface area contributed by atoms with Crippen LogP contribution in [0.1, 0.15) is 112 Å². The van der Waals surface area contributed by atoms with Crippen LogP contribution in [-0.2, 0) is 14.3 Å². The molecule has 5 rings (SSSR count). The van der Waals surface area contributed by atoms with Gasteiger partial charge >= 0.3 is 5.97 Å². The molecular formula is C29H48O3. The number of carbonyl (C=O) groups is 1. The first kappa shape index (κ1) is 23.2. The second-order valence-electron chi connectivity index (χ2n) is 13.6. The van der Waals surface area contributed by atoms with Crippen molar-refractivity contribution in [3.05, 3.63) is 0 Å². The fourth-order valence-electron chi connectivity index (χ4n) is 9.91. The van der Waals surface area contributed by atoms with E-state index in [1.54, 1.807) is 0 Å². The molecule has 0 N–H and O–H groups in total. The molecule has 1 heterocycles. The predicted octanol–water partition coefficient (Wildman–Crippen LogP) is 7.38. The lowest BCUT2D eigenvalue weighted by molar-refractivity contribution is -0.168. The summed E-state index contributed by atoms with van der Waals surface area (Å²) in [6, 6.07) is 0. The molecule has 0 bridgehead atoms. The highest BCUT2D eigenvalue weighted by Gasteiger charge is 2.71. The smallest absolute Gasteiger partial charge is 0.305 e. The van der Waals surface area contributed by atoms with E-state index in [2.05, 4.69) is 34.6 Å². The van der Waals surface area contributed by atoms with Gasteiger partial charge in [0.05, 0.1) is 0 Å². The highest BCUT2D eigenvalue weighted by Crippen LogP contribution is 2.71. The van der Waals surface area contributed by atoms with Gasteiger partial charge in [-0.2, -0.15) is 0 Å². The van der Waals surface area contributed by atoms with Crippen molar-refractivity contribution in [2.24, 2.45) is 52.3 Å². The van der Waals surface area contributed by atoms with E-state index >= 15 is 0 Å². The number of esters is 1. The number of hydrogen-bond acceptors (Lipinski definition) is 3. The quantitative estimate of drug-likeness (QED) is 0.317. The molecule has 32 heavy (non-hydrogen) atoms. The maximum Gasteiger partial charge on any atom is 0.305 e. The Kier molecular flexibility index (Phi) is 5.79. The van der Waals surface area contributed by atoms with Crippen LogP contribution in [0.5, 0.6) is 0 Å². The van der Waals surface area contributed by atoms with Gasteiger partial charge in [-0.3, -0.25) is 4.79 Å². The van der Waals surface area contributed by atoms with Gasteiger partial charge < -0.3 is 9.47 Å². The summed E-state index contributed by atoms with van der Waals surface area (Å²) in [7, 11) is 0. The van der Waals surface area contributed by atoms with Gasteiger partial charge in [0.15, 0.2) is 0 Å². The average Bonchev–Trinajstić information content (AvgIpc) is 3.23. The van der Waals surface area contributed by atoms with Crippen LogP contribution in [0.4, 0.5) is 0 Å². The summed E-state index contributed by atoms with van der Waals surface area (Å²) in [4.78, 5) is 11.7. The highest BCUT2D eigenvalue weighted by molar-refractivity contribution is 5.66. The van der Waals surface area contributed by atoms with Crippen molar-refractivity contribution in [3.8, 4) is 0 Å². The van der Waals surface area contributed by atoms with Gasteiger partial charge in [0.2, 0.25) is 5.79 Å². The Labute approximate surface area is 196 Å². The van der Waals surface area contributed by atoms with Crippen molar-refractivity contribution < 1.29 is 14.3 Å². The van der Waals surface area contributed by atoms with Crippen LogP contribution in [0.15, 0.2) is 0 Å². The lowest BCUT2D eigenvalue weighted by Crippen LogP contribution is -2.55. The molecule has 4 aliphatic carbocycles. The minimum atomic E-state index is -0.560. The fraction of sp³-hybridized carbons (Fsp3) is 0.966. The molecule has 1 saturated heterocycles. The fourth-order valence-corrected chi connectivity index (χ4v) is 9.91. The first-order valence-electron chi connectivity index (χ1n) is 14.0. The third-order valence-corrected chi connectivity index (χ3v) is 11.5. The van der Waals surface area contributed by atoms with Crippen LogP contribution in [0, 0.1) is 52.3 Å². The highest BCUT2D eigenvalue weighted by atomic mass is 16.8. The molecule has 5 fully saturated rings. The van der Waals surface area contributed by atoms with Gasteiger partial charge in [0.25, 0.3) is 0 Å². The second kappa shape index (κ2) is 7.99. The summed E-state index contributed by atoms with van der Waals surface area (Å²) in [6.07, 6.45) is 14.9. The first-order chi connectivity index (χ1) is 15.1. The largest absolute Gasteiger partial charge is 0.430 e. The van der Waals surface area contributed by atoms with Crippen molar-refractivity contribution in [2.45, 2.75) is 124 Å². The van der Waals surface area contributed by atoms with Gasteiger partial charge in [-0.25, -0.2) is 0 Å². The van der Waals surface area contributed by atoms with Crippen LogP contribution in [0.25, 0.3) is 0 Å². The zero-order valence-electron chi connectivity index (χ0n) is 21.6. The number of epoxide rings is 1. The Bertz CT molecular complexity index is 732. The summed E-state index contributed by atoms with van der Waals surface area (Å²) in [5.74, 6) is 5.23. The molecule has 3 heteroatoms. The number of fused-ring (bicyclic) bond motifs is 6. The summed E-state index contributed by atoms with van der Waals surface area (Å²) < 4.78 is 11.8. The standard InChI is InChI=1S/C29H48O3/c1-18(2)8-7-9-19(3)23-12-13-24-22-11-10-21-16-29(31-20(4)30)26(32-29)17-28(21,6)25(22)14-15-27(23,24)5/h18-19,21-26H,7-17H2,1-6H3/t19-,21+,22+,23-,24+,25+,26-,27-,28+,29-/m1/s1. The number of carbonyl (C=O) groups excluding carboxylic acids is 1. The molecule has 5 aliphatic rings. The van der Waals surface area contributed by atoms with Crippen LogP contribution >= 0.6 is 0 Å². The molecule has 0 aromatic carbocycles. The third kappa shape index (κ3) is 3.59. The monoisotopic (exact) mass is 444 g/mol. The van der Waals surface area contributed by atoms with E-state index < -0.39 is 5.79 Å².